The summed E-state index contributed by atoms with van der Waals surface area (Å²) in [5.74, 6) is 0.507. The van der Waals surface area contributed by atoms with Crippen molar-refractivity contribution in [1.82, 2.24) is 9.80 Å². The number of rotatable bonds is 9. The van der Waals surface area contributed by atoms with Gasteiger partial charge < -0.3 is 19.5 Å². The van der Waals surface area contributed by atoms with E-state index < -0.39 is 5.60 Å². The summed E-state index contributed by atoms with van der Waals surface area (Å²) in [7, 11) is 0. The lowest BCUT2D eigenvalue weighted by Crippen LogP contribution is -2.52. The second-order valence-corrected chi connectivity index (χ2v) is 7.99. The Bertz CT molecular complexity index is 688. The van der Waals surface area contributed by atoms with Crippen LogP contribution >= 0.6 is 12.4 Å². The highest BCUT2D eigenvalue weighted by atomic mass is 35.5. The molecule has 6 nitrogen and oxygen atoms in total. The summed E-state index contributed by atoms with van der Waals surface area (Å²) in [6, 6.07) is 10.4. The Labute approximate surface area is 186 Å². The van der Waals surface area contributed by atoms with E-state index in [0.717, 1.165) is 44.6 Å². The van der Waals surface area contributed by atoms with Crippen molar-refractivity contribution in [3.63, 3.8) is 0 Å². The van der Waals surface area contributed by atoms with Gasteiger partial charge in [0.2, 0.25) is 12.7 Å². The number of amides is 1. The lowest BCUT2D eigenvalue weighted by atomic mass is 9.88. The highest BCUT2D eigenvalue weighted by Crippen LogP contribution is 2.31. The molecule has 1 N–H and O–H groups in total. The number of benzene rings is 1. The van der Waals surface area contributed by atoms with Crippen molar-refractivity contribution in [2.75, 3.05) is 33.0 Å². The van der Waals surface area contributed by atoms with Crippen molar-refractivity contribution in [3.05, 3.63) is 47.9 Å². The highest BCUT2D eigenvalue weighted by molar-refractivity contribution is 5.85. The molecule has 168 valence electrons. The molecule has 30 heavy (non-hydrogen) atoms. The van der Waals surface area contributed by atoms with Crippen LogP contribution in [0.15, 0.2) is 42.4 Å². The minimum atomic E-state index is -1.25. The van der Waals surface area contributed by atoms with Gasteiger partial charge in [0.15, 0.2) is 5.76 Å². The van der Waals surface area contributed by atoms with Crippen molar-refractivity contribution in [2.45, 2.75) is 57.6 Å². The lowest BCUT2D eigenvalue weighted by molar-refractivity contribution is -0.134. The summed E-state index contributed by atoms with van der Waals surface area (Å²) < 4.78 is 10.7. The van der Waals surface area contributed by atoms with Crippen molar-refractivity contribution >= 4 is 18.3 Å². The van der Waals surface area contributed by atoms with E-state index in [2.05, 4.69) is 18.7 Å². The molecule has 0 saturated carbocycles. The van der Waals surface area contributed by atoms with Gasteiger partial charge in [0.1, 0.15) is 11.9 Å². The van der Waals surface area contributed by atoms with Gasteiger partial charge in [-0.2, -0.15) is 0 Å². The standard InChI is InChI=1S/C23H34N2O4.ClH/c1-3-20(4-2)24-12-14-25(15-13-24)22(26)10-11-23(27,21-17-28-18-29-21)16-19-8-6-5-7-9-19;/h5-9,17,20,27H,3-4,10-16,18H2,1-2H3;1H. The third-order valence-corrected chi connectivity index (χ3v) is 6.15. The molecule has 1 atom stereocenters. The quantitative estimate of drug-likeness (QED) is 0.640. The average molecular weight is 439 g/mol. The van der Waals surface area contributed by atoms with Crippen molar-refractivity contribution in [2.24, 2.45) is 0 Å². The maximum absolute atomic E-state index is 12.8. The number of nitrogens with zero attached hydrogens (tertiary/aromatic N) is 2. The van der Waals surface area contributed by atoms with Gasteiger partial charge in [-0.1, -0.05) is 44.2 Å². The van der Waals surface area contributed by atoms with E-state index in [4.69, 9.17) is 9.47 Å². The molecule has 0 bridgehead atoms. The summed E-state index contributed by atoms with van der Waals surface area (Å²) >= 11 is 0. The summed E-state index contributed by atoms with van der Waals surface area (Å²) in [4.78, 5) is 17.3. The van der Waals surface area contributed by atoms with Crippen molar-refractivity contribution in [1.29, 1.82) is 0 Å². The molecule has 1 aromatic rings. The van der Waals surface area contributed by atoms with Gasteiger partial charge >= 0.3 is 0 Å². The van der Waals surface area contributed by atoms with E-state index in [9.17, 15) is 9.90 Å². The number of halogens is 1. The van der Waals surface area contributed by atoms with E-state index >= 15 is 0 Å². The first kappa shape index (κ1) is 24.5. The van der Waals surface area contributed by atoms with Gasteiger partial charge in [0.05, 0.1) is 0 Å². The van der Waals surface area contributed by atoms with E-state index in [-0.39, 0.29) is 31.5 Å². The van der Waals surface area contributed by atoms with Crippen LogP contribution in [-0.2, 0) is 20.7 Å². The fourth-order valence-electron chi connectivity index (χ4n) is 4.33. The summed E-state index contributed by atoms with van der Waals surface area (Å²) in [6.45, 7) is 7.93. The maximum atomic E-state index is 12.8. The maximum Gasteiger partial charge on any atom is 0.230 e. The number of piperazine rings is 1. The Hall–Kier alpha value is -1.76. The first-order chi connectivity index (χ1) is 14.1. The number of ether oxygens (including phenoxy) is 2. The molecular formula is C23H35ClN2O4. The zero-order valence-corrected chi connectivity index (χ0v) is 18.9. The third kappa shape index (κ3) is 6.13. The zero-order valence-electron chi connectivity index (χ0n) is 18.1. The molecule has 1 unspecified atom stereocenters. The van der Waals surface area contributed by atoms with Crippen LogP contribution in [0.1, 0.15) is 45.1 Å². The normalized spacial score (nSPS) is 18.8. The van der Waals surface area contributed by atoms with Crippen molar-refractivity contribution < 1.29 is 19.4 Å². The molecular weight excluding hydrogens is 404 g/mol. The lowest BCUT2D eigenvalue weighted by Gasteiger charge is -2.39. The number of hydrogen-bond acceptors (Lipinski definition) is 5. The van der Waals surface area contributed by atoms with E-state index in [1.165, 1.54) is 6.26 Å². The molecule has 0 radical (unpaired) electrons. The molecule has 1 saturated heterocycles. The molecule has 7 heteroatoms. The Morgan fingerprint density at radius 3 is 2.37 bits per heavy atom. The van der Waals surface area contributed by atoms with Crippen LogP contribution in [0.25, 0.3) is 0 Å². The smallest absolute Gasteiger partial charge is 0.230 e. The monoisotopic (exact) mass is 438 g/mol. The van der Waals surface area contributed by atoms with Crippen LogP contribution in [0.5, 0.6) is 0 Å². The summed E-state index contributed by atoms with van der Waals surface area (Å²) in [6.07, 6.45) is 4.75. The molecule has 1 fully saturated rings. The number of carbonyl (C=O) groups excluding carboxylic acids is 1. The summed E-state index contributed by atoms with van der Waals surface area (Å²) in [5.41, 5.74) is -0.247. The van der Waals surface area contributed by atoms with Crippen LogP contribution in [-0.4, -0.2) is 65.4 Å². The van der Waals surface area contributed by atoms with Gasteiger partial charge in [0, 0.05) is 45.1 Å². The largest absolute Gasteiger partial charge is 0.461 e. The first-order valence-corrected chi connectivity index (χ1v) is 10.8. The molecule has 2 aliphatic heterocycles. The van der Waals surface area contributed by atoms with Gasteiger partial charge in [0.25, 0.3) is 0 Å². The first-order valence-electron chi connectivity index (χ1n) is 10.8. The molecule has 3 rings (SSSR count). The van der Waals surface area contributed by atoms with E-state index in [1.807, 2.05) is 35.2 Å². The highest BCUT2D eigenvalue weighted by Gasteiger charge is 2.37. The fraction of sp³-hybridized carbons (Fsp3) is 0.609. The Kier molecular flexibility index (Phi) is 9.46. The predicted molar refractivity (Wildman–Crippen MR) is 119 cm³/mol. The Balaban J connectivity index is 0.00000320. The van der Waals surface area contributed by atoms with Crippen molar-refractivity contribution in [3.8, 4) is 0 Å². The second-order valence-electron chi connectivity index (χ2n) is 7.99. The van der Waals surface area contributed by atoms with Gasteiger partial charge in [-0.25, -0.2) is 0 Å². The third-order valence-electron chi connectivity index (χ3n) is 6.15. The van der Waals surface area contributed by atoms with Crippen LogP contribution < -0.4 is 0 Å². The number of carbonyl (C=O) groups is 1. The molecule has 0 spiro atoms. The molecule has 2 heterocycles. The Morgan fingerprint density at radius 1 is 1.13 bits per heavy atom. The molecule has 2 aliphatic rings. The minimum Gasteiger partial charge on any atom is -0.461 e. The number of aliphatic hydroxyl groups is 1. The average Bonchev–Trinajstić information content (AvgIpc) is 3.30. The fourth-order valence-corrected chi connectivity index (χ4v) is 4.33. The van der Waals surface area contributed by atoms with Gasteiger partial charge in [-0.3, -0.25) is 9.69 Å². The minimum absolute atomic E-state index is 0. The predicted octanol–water partition coefficient (Wildman–Crippen LogP) is 3.34. The Morgan fingerprint density at radius 2 is 1.80 bits per heavy atom. The van der Waals surface area contributed by atoms with Gasteiger partial charge in [-0.15, -0.1) is 12.4 Å². The molecule has 0 aromatic heterocycles. The van der Waals surface area contributed by atoms with Gasteiger partial charge in [-0.05, 0) is 24.8 Å². The van der Waals surface area contributed by atoms with Crippen LogP contribution in [0.4, 0.5) is 0 Å². The second kappa shape index (κ2) is 11.6. The number of hydrogen-bond donors (Lipinski definition) is 1. The SMILES string of the molecule is CCC(CC)N1CCN(C(=O)CCC(O)(Cc2ccccc2)C2=COCO2)CC1.Cl. The molecule has 1 amide bonds. The topological polar surface area (TPSA) is 62.2 Å². The summed E-state index contributed by atoms with van der Waals surface area (Å²) in [5, 5.41) is 11.3. The molecule has 1 aromatic carbocycles. The zero-order chi connectivity index (χ0) is 20.7. The molecule has 0 aliphatic carbocycles. The van der Waals surface area contributed by atoms with Crippen LogP contribution in [0, 0.1) is 0 Å². The van der Waals surface area contributed by atoms with Crippen LogP contribution in [0.2, 0.25) is 0 Å². The van der Waals surface area contributed by atoms with E-state index in [0.29, 0.717) is 24.6 Å². The van der Waals surface area contributed by atoms with E-state index in [1.54, 1.807) is 0 Å². The van der Waals surface area contributed by atoms with Crippen LogP contribution in [0.3, 0.4) is 0 Å².